The van der Waals surface area contributed by atoms with Gasteiger partial charge < -0.3 is 4.57 Å². The minimum atomic E-state index is -3.63. The lowest BCUT2D eigenvalue weighted by molar-refractivity contribution is 0.514. The first-order chi connectivity index (χ1) is 9.85. The average Bonchev–Trinajstić information content (AvgIpc) is 3.07. The average molecular weight is 312 g/mol. The second kappa shape index (κ2) is 5.94. The number of rotatable bonds is 6. The molecule has 0 radical (unpaired) electrons. The molecule has 0 aliphatic heterocycles. The van der Waals surface area contributed by atoms with Gasteiger partial charge in [0, 0.05) is 18.8 Å². The van der Waals surface area contributed by atoms with Crippen LogP contribution in [-0.2, 0) is 16.6 Å². The summed E-state index contributed by atoms with van der Waals surface area (Å²) in [5.74, 6) is 0.580. The Morgan fingerprint density at radius 2 is 2.05 bits per heavy atom. The van der Waals surface area contributed by atoms with Crippen molar-refractivity contribution in [2.24, 2.45) is 0 Å². The van der Waals surface area contributed by atoms with Gasteiger partial charge in [-0.1, -0.05) is 0 Å². The van der Waals surface area contributed by atoms with Crippen molar-refractivity contribution in [1.82, 2.24) is 29.3 Å². The van der Waals surface area contributed by atoms with E-state index in [2.05, 4.69) is 20.0 Å². The number of aromatic nitrogens is 5. The molecule has 0 spiro atoms. The van der Waals surface area contributed by atoms with Crippen molar-refractivity contribution in [3.8, 4) is 0 Å². The zero-order chi connectivity index (χ0) is 15.6. The Labute approximate surface area is 124 Å². The Morgan fingerprint density at radius 1 is 1.33 bits per heavy atom. The van der Waals surface area contributed by atoms with E-state index in [1.807, 2.05) is 25.3 Å². The molecule has 8 nitrogen and oxygen atoms in total. The zero-order valence-electron chi connectivity index (χ0n) is 12.6. The third kappa shape index (κ3) is 3.30. The number of hydrogen-bond acceptors (Lipinski definition) is 5. The molecule has 0 amide bonds. The number of nitrogens with zero attached hydrogens (tertiary/aromatic N) is 5. The van der Waals surface area contributed by atoms with Crippen molar-refractivity contribution in [3.63, 3.8) is 0 Å². The molecule has 0 aliphatic rings. The van der Waals surface area contributed by atoms with Gasteiger partial charge in [-0.25, -0.2) is 13.1 Å². The second-order valence-electron chi connectivity index (χ2n) is 5.06. The molecule has 2 aromatic heterocycles. The highest BCUT2D eigenvalue weighted by Gasteiger charge is 2.23. The predicted molar refractivity (Wildman–Crippen MR) is 77.0 cm³/mol. The first-order valence-electron chi connectivity index (χ1n) is 6.79. The molecule has 0 bridgehead atoms. The van der Waals surface area contributed by atoms with Crippen LogP contribution in [0.5, 0.6) is 0 Å². The molecule has 9 heteroatoms. The molecule has 2 rings (SSSR count). The Balaban J connectivity index is 2.21. The zero-order valence-corrected chi connectivity index (χ0v) is 13.4. The molecule has 0 saturated carbocycles. The van der Waals surface area contributed by atoms with E-state index < -0.39 is 16.1 Å². The second-order valence-corrected chi connectivity index (χ2v) is 6.78. The van der Waals surface area contributed by atoms with Gasteiger partial charge in [-0.15, -0.1) is 10.2 Å². The maximum absolute atomic E-state index is 12.3. The summed E-state index contributed by atoms with van der Waals surface area (Å²) in [4.78, 5) is 0.145. The molecule has 21 heavy (non-hydrogen) atoms. The Bertz CT molecular complexity index is 703. The molecule has 1 unspecified atom stereocenters. The summed E-state index contributed by atoms with van der Waals surface area (Å²) in [6.07, 6.45) is 4.44. The number of aryl methyl sites for hydroxylation is 1. The summed E-state index contributed by atoms with van der Waals surface area (Å²) in [7, 11) is -3.63. The fraction of sp³-hybridized carbons (Fsp3) is 0.583. The van der Waals surface area contributed by atoms with Crippen LogP contribution < -0.4 is 4.72 Å². The summed E-state index contributed by atoms with van der Waals surface area (Å²) in [6, 6.07) is -0.324. The molecular weight excluding hydrogens is 292 g/mol. The Hall–Kier alpha value is -1.74. The first-order valence-corrected chi connectivity index (χ1v) is 8.27. The lowest BCUT2D eigenvalue weighted by Crippen LogP contribution is -2.29. The van der Waals surface area contributed by atoms with Crippen LogP contribution in [0.25, 0.3) is 0 Å². The van der Waals surface area contributed by atoms with Gasteiger partial charge in [0.1, 0.15) is 11.2 Å². The minimum absolute atomic E-state index is 0.145. The van der Waals surface area contributed by atoms with E-state index in [9.17, 15) is 8.42 Å². The third-order valence-electron chi connectivity index (χ3n) is 3.12. The fourth-order valence-electron chi connectivity index (χ4n) is 1.97. The molecular formula is C12H20N6O2S. The van der Waals surface area contributed by atoms with Crippen LogP contribution in [0.3, 0.4) is 0 Å². The standard InChI is InChI=1S/C12H20N6O2S/c1-5-17-7-11(6-14-17)21(19,20)16-10(4)12-15-13-8-18(12)9(2)3/h6-10,16H,5H2,1-4H3. The van der Waals surface area contributed by atoms with Crippen molar-refractivity contribution in [1.29, 1.82) is 0 Å². The molecule has 0 aromatic carbocycles. The summed E-state index contributed by atoms with van der Waals surface area (Å²) in [5.41, 5.74) is 0. The smallest absolute Gasteiger partial charge is 0.244 e. The van der Waals surface area contributed by atoms with Gasteiger partial charge >= 0.3 is 0 Å². The van der Waals surface area contributed by atoms with Crippen LogP contribution in [0.4, 0.5) is 0 Å². The third-order valence-corrected chi connectivity index (χ3v) is 4.62. The highest BCUT2D eigenvalue weighted by atomic mass is 32.2. The molecule has 1 atom stereocenters. The predicted octanol–water partition coefficient (Wildman–Crippen LogP) is 1.11. The number of nitrogens with one attached hydrogen (secondary N) is 1. The van der Waals surface area contributed by atoms with E-state index in [1.165, 1.54) is 12.4 Å². The largest absolute Gasteiger partial charge is 0.314 e. The van der Waals surface area contributed by atoms with E-state index in [4.69, 9.17) is 0 Å². The molecule has 0 fully saturated rings. The maximum atomic E-state index is 12.3. The van der Waals surface area contributed by atoms with Crippen LogP contribution >= 0.6 is 0 Å². The summed E-state index contributed by atoms with van der Waals surface area (Å²) >= 11 is 0. The van der Waals surface area contributed by atoms with E-state index in [-0.39, 0.29) is 10.9 Å². The van der Waals surface area contributed by atoms with E-state index >= 15 is 0 Å². The van der Waals surface area contributed by atoms with Crippen LogP contribution in [-0.4, -0.2) is 33.0 Å². The van der Waals surface area contributed by atoms with E-state index in [1.54, 1.807) is 17.9 Å². The van der Waals surface area contributed by atoms with Crippen LogP contribution in [0.1, 0.15) is 45.6 Å². The quantitative estimate of drug-likeness (QED) is 0.862. The highest BCUT2D eigenvalue weighted by Crippen LogP contribution is 2.17. The molecule has 0 aliphatic carbocycles. The topological polar surface area (TPSA) is 94.7 Å². The molecule has 116 valence electrons. The van der Waals surface area contributed by atoms with Gasteiger partial charge in [0.15, 0.2) is 5.82 Å². The summed E-state index contributed by atoms with van der Waals surface area (Å²) in [5, 5.41) is 11.8. The first kappa shape index (κ1) is 15.6. The van der Waals surface area contributed by atoms with Gasteiger partial charge in [-0.3, -0.25) is 4.68 Å². The van der Waals surface area contributed by atoms with Crippen molar-refractivity contribution < 1.29 is 8.42 Å². The van der Waals surface area contributed by atoms with Crippen LogP contribution in [0.2, 0.25) is 0 Å². The fourth-order valence-corrected chi connectivity index (χ4v) is 3.12. The lowest BCUT2D eigenvalue weighted by atomic mass is 10.3. The molecule has 2 aromatic rings. The molecule has 0 saturated heterocycles. The van der Waals surface area contributed by atoms with Crippen molar-refractivity contribution in [3.05, 3.63) is 24.5 Å². The number of hydrogen-bond donors (Lipinski definition) is 1. The van der Waals surface area contributed by atoms with Gasteiger partial charge in [0.2, 0.25) is 10.0 Å². The lowest BCUT2D eigenvalue weighted by Gasteiger charge is -2.16. The molecule has 1 N–H and O–H groups in total. The van der Waals surface area contributed by atoms with Crippen molar-refractivity contribution >= 4 is 10.0 Å². The Kier molecular flexibility index (Phi) is 4.43. The van der Waals surface area contributed by atoms with Crippen molar-refractivity contribution in [2.45, 2.75) is 51.2 Å². The summed E-state index contributed by atoms with van der Waals surface area (Å²) < 4.78 is 30.7. The normalized spacial score (nSPS) is 13.8. The number of sulfonamides is 1. The SMILES string of the molecule is CCn1cc(S(=O)(=O)NC(C)c2nncn2C(C)C)cn1. The maximum Gasteiger partial charge on any atom is 0.244 e. The van der Waals surface area contributed by atoms with Gasteiger partial charge in [-0.05, 0) is 27.7 Å². The monoisotopic (exact) mass is 312 g/mol. The highest BCUT2D eigenvalue weighted by molar-refractivity contribution is 7.89. The molecule has 2 heterocycles. The van der Waals surface area contributed by atoms with Crippen molar-refractivity contribution in [2.75, 3.05) is 0 Å². The Morgan fingerprint density at radius 3 is 2.62 bits per heavy atom. The van der Waals surface area contributed by atoms with Gasteiger partial charge in [0.05, 0.1) is 12.2 Å². The minimum Gasteiger partial charge on any atom is -0.314 e. The van der Waals surface area contributed by atoms with Gasteiger partial charge in [0.25, 0.3) is 0 Å². The van der Waals surface area contributed by atoms with E-state index in [0.717, 1.165) is 0 Å². The van der Waals surface area contributed by atoms with Gasteiger partial charge in [-0.2, -0.15) is 5.10 Å². The van der Waals surface area contributed by atoms with Crippen LogP contribution in [0.15, 0.2) is 23.6 Å². The summed E-state index contributed by atoms with van der Waals surface area (Å²) in [6.45, 7) is 8.22. The van der Waals surface area contributed by atoms with Crippen LogP contribution in [0, 0.1) is 0 Å². The van der Waals surface area contributed by atoms with E-state index in [0.29, 0.717) is 12.4 Å².